The number of carbonyl (C=O) groups is 1. The maximum atomic E-state index is 11.1. The summed E-state index contributed by atoms with van der Waals surface area (Å²) in [5.74, 6) is 0.898. The topological polar surface area (TPSA) is 17.1 Å². The summed E-state index contributed by atoms with van der Waals surface area (Å²) in [6, 6.07) is 0. The summed E-state index contributed by atoms with van der Waals surface area (Å²) in [7, 11) is 0. The van der Waals surface area contributed by atoms with E-state index in [0.29, 0.717) is 0 Å². The van der Waals surface area contributed by atoms with Crippen LogP contribution in [0, 0.1) is 12.8 Å². The maximum Gasteiger partial charge on any atom is 0.160 e. The minimum Gasteiger partial charge on any atom is -0.297 e. The van der Waals surface area contributed by atoms with E-state index in [1.807, 2.05) is 6.08 Å². The zero-order valence-corrected chi connectivity index (χ0v) is 15.2. The van der Waals surface area contributed by atoms with E-state index < -0.39 is 0 Å². The minimum absolute atomic E-state index is 0.898. The molecule has 0 aliphatic heterocycles. The Bertz CT molecular complexity index is 506. The zero-order valence-electron chi connectivity index (χ0n) is 14.4. The van der Waals surface area contributed by atoms with Crippen molar-refractivity contribution in [1.29, 1.82) is 0 Å². The van der Waals surface area contributed by atoms with Gasteiger partial charge in [-0.25, -0.2) is 0 Å². The van der Waals surface area contributed by atoms with Crippen molar-refractivity contribution < 1.29 is 4.79 Å². The molecule has 1 nitrogen and oxygen atoms in total. The Balaban J connectivity index is 0.000000406. The van der Waals surface area contributed by atoms with Crippen LogP contribution in [-0.2, 0) is 6.42 Å². The van der Waals surface area contributed by atoms with Crippen LogP contribution in [0.4, 0.5) is 0 Å². The molecule has 0 unspecified atom stereocenters. The fourth-order valence-corrected chi connectivity index (χ4v) is 3.61. The van der Waals surface area contributed by atoms with Gasteiger partial charge in [0.25, 0.3) is 0 Å². The molecule has 1 aromatic rings. The monoisotopic (exact) mass is 318 g/mol. The molecule has 1 aliphatic rings. The minimum atomic E-state index is 0.898. The zero-order chi connectivity index (χ0) is 16.5. The summed E-state index contributed by atoms with van der Waals surface area (Å²) in [6.45, 7) is 14.3. The van der Waals surface area contributed by atoms with Crippen LogP contribution < -0.4 is 0 Å². The van der Waals surface area contributed by atoms with Crippen LogP contribution in [0.2, 0.25) is 0 Å². The predicted molar refractivity (Wildman–Crippen MR) is 99.9 cm³/mol. The summed E-state index contributed by atoms with van der Waals surface area (Å²) >= 11 is 1.62. The van der Waals surface area contributed by atoms with Crippen molar-refractivity contribution in [3.05, 3.63) is 40.1 Å². The van der Waals surface area contributed by atoms with Gasteiger partial charge in [0.15, 0.2) is 6.29 Å². The Morgan fingerprint density at radius 3 is 2.41 bits per heavy atom. The lowest BCUT2D eigenvalue weighted by Crippen LogP contribution is -1.94. The molecule has 0 bridgehead atoms. The SMILES string of the molecule is C=C(CCC)c1c(C)sc(C=O)c1CCCC.C=CC1CC1. The molecule has 0 amide bonds. The average molecular weight is 319 g/mol. The van der Waals surface area contributed by atoms with E-state index in [1.54, 1.807) is 11.3 Å². The lowest BCUT2D eigenvalue weighted by molar-refractivity contribution is 0.112. The molecule has 1 heterocycles. The van der Waals surface area contributed by atoms with Crippen LogP contribution in [0.5, 0.6) is 0 Å². The fraction of sp³-hybridized carbons (Fsp3) is 0.550. The van der Waals surface area contributed by atoms with Crippen molar-refractivity contribution in [3.8, 4) is 0 Å². The first-order valence-corrected chi connectivity index (χ1v) is 9.28. The Labute approximate surface area is 140 Å². The van der Waals surface area contributed by atoms with Crippen molar-refractivity contribution in [1.82, 2.24) is 0 Å². The van der Waals surface area contributed by atoms with Gasteiger partial charge < -0.3 is 0 Å². The third-order valence-electron chi connectivity index (χ3n) is 3.96. The predicted octanol–water partition coefficient (Wildman–Crippen LogP) is 6.61. The van der Waals surface area contributed by atoms with Gasteiger partial charge in [0.1, 0.15) is 0 Å². The third-order valence-corrected chi connectivity index (χ3v) is 5.04. The Hall–Kier alpha value is -1.15. The van der Waals surface area contributed by atoms with Gasteiger partial charge >= 0.3 is 0 Å². The van der Waals surface area contributed by atoms with Crippen LogP contribution in [0.25, 0.3) is 5.57 Å². The van der Waals surface area contributed by atoms with Crippen LogP contribution in [0.3, 0.4) is 0 Å². The number of unbranched alkanes of at least 4 members (excludes halogenated alkanes) is 1. The van der Waals surface area contributed by atoms with Gasteiger partial charge in [-0.15, -0.1) is 17.9 Å². The van der Waals surface area contributed by atoms with E-state index in [4.69, 9.17) is 0 Å². The van der Waals surface area contributed by atoms with E-state index in [1.165, 1.54) is 34.4 Å². The van der Waals surface area contributed by atoms with Gasteiger partial charge in [-0.05, 0) is 61.6 Å². The Morgan fingerprint density at radius 1 is 1.32 bits per heavy atom. The molecule has 22 heavy (non-hydrogen) atoms. The average Bonchev–Trinajstić information content (AvgIpc) is 3.29. The first kappa shape index (κ1) is 18.9. The second-order valence-electron chi connectivity index (χ2n) is 6.02. The van der Waals surface area contributed by atoms with Crippen LogP contribution in [0.15, 0.2) is 19.2 Å². The summed E-state index contributed by atoms with van der Waals surface area (Å²) in [4.78, 5) is 13.3. The van der Waals surface area contributed by atoms with Crippen molar-refractivity contribution in [2.45, 2.75) is 65.7 Å². The molecule has 1 aromatic heterocycles. The lowest BCUT2D eigenvalue weighted by atomic mass is 9.95. The number of rotatable bonds is 8. The number of hydrogen-bond acceptors (Lipinski definition) is 2. The molecular weight excluding hydrogens is 288 g/mol. The highest BCUT2D eigenvalue weighted by Crippen LogP contribution is 2.34. The van der Waals surface area contributed by atoms with Gasteiger partial charge in [-0.3, -0.25) is 4.79 Å². The van der Waals surface area contributed by atoms with Crippen molar-refractivity contribution >= 4 is 23.2 Å². The smallest absolute Gasteiger partial charge is 0.160 e. The molecule has 0 aromatic carbocycles. The van der Waals surface area contributed by atoms with Gasteiger partial charge in [-0.2, -0.15) is 0 Å². The van der Waals surface area contributed by atoms with Gasteiger partial charge in [0.2, 0.25) is 0 Å². The van der Waals surface area contributed by atoms with E-state index in [2.05, 4.69) is 33.9 Å². The number of aldehydes is 1. The van der Waals surface area contributed by atoms with E-state index >= 15 is 0 Å². The van der Waals surface area contributed by atoms with E-state index in [0.717, 1.165) is 49.2 Å². The summed E-state index contributed by atoms with van der Waals surface area (Å²) in [5, 5.41) is 0. The van der Waals surface area contributed by atoms with E-state index in [9.17, 15) is 4.79 Å². The number of allylic oxidation sites excluding steroid dienone is 2. The number of hydrogen-bond donors (Lipinski definition) is 0. The largest absolute Gasteiger partial charge is 0.297 e. The third kappa shape index (κ3) is 5.57. The number of aryl methyl sites for hydroxylation is 1. The van der Waals surface area contributed by atoms with Gasteiger partial charge in [0, 0.05) is 4.88 Å². The highest BCUT2D eigenvalue weighted by Gasteiger charge is 2.16. The standard InChI is InChI=1S/C15H22OS.C5H8/c1-5-7-9-13-14(10-16)17-12(4)15(13)11(3)8-6-2;1-2-5-3-4-5/h10H,3,5-9H2,1-2,4H3;2,5H,1,3-4H2. The normalized spacial score (nSPS) is 13.2. The maximum absolute atomic E-state index is 11.1. The second-order valence-corrected chi connectivity index (χ2v) is 7.28. The quantitative estimate of drug-likeness (QED) is 0.389. The molecule has 0 N–H and O–H groups in total. The number of thiophene rings is 1. The molecule has 0 spiro atoms. The molecule has 0 atom stereocenters. The van der Waals surface area contributed by atoms with Crippen molar-refractivity contribution in [2.75, 3.05) is 0 Å². The molecule has 122 valence electrons. The highest BCUT2D eigenvalue weighted by molar-refractivity contribution is 7.14. The van der Waals surface area contributed by atoms with E-state index in [-0.39, 0.29) is 0 Å². The molecule has 2 rings (SSSR count). The molecule has 0 saturated heterocycles. The van der Waals surface area contributed by atoms with Crippen LogP contribution in [0.1, 0.15) is 78.0 Å². The molecule has 1 saturated carbocycles. The van der Waals surface area contributed by atoms with Crippen LogP contribution in [-0.4, -0.2) is 6.29 Å². The first-order chi connectivity index (χ1) is 10.6. The summed E-state index contributed by atoms with van der Waals surface area (Å²) in [5.41, 5.74) is 3.70. The van der Waals surface area contributed by atoms with Crippen molar-refractivity contribution in [2.24, 2.45) is 5.92 Å². The molecular formula is C20H30OS. The second kappa shape index (κ2) is 9.78. The number of carbonyl (C=O) groups excluding carboxylic acids is 1. The molecule has 1 aliphatic carbocycles. The lowest BCUT2D eigenvalue weighted by Gasteiger charge is -2.08. The molecule has 2 heteroatoms. The Kier molecular flexibility index (Phi) is 8.40. The molecule has 1 fully saturated rings. The van der Waals surface area contributed by atoms with Gasteiger partial charge in [0.05, 0.1) is 4.88 Å². The van der Waals surface area contributed by atoms with Gasteiger partial charge in [-0.1, -0.05) is 39.3 Å². The van der Waals surface area contributed by atoms with Crippen LogP contribution >= 0.6 is 11.3 Å². The van der Waals surface area contributed by atoms with Crippen molar-refractivity contribution in [3.63, 3.8) is 0 Å². The highest BCUT2D eigenvalue weighted by atomic mass is 32.1. The molecule has 0 radical (unpaired) electrons. The first-order valence-electron chi connectivity index (χ1n) is 8.47. The summed E-state index contributed by atoms with van der Waals surface area (Å²) in [6.07, 6.45) is 11.3. The fourth-order valence-electron chi connectivity index (χ4n) is 2.53. The summed E-state index contributed by atoms with van der Waals surface area (Å²) < 4.78 is 0. The Morgan fingerprint density at radius 2 is 2.00 bits per heavy atom.